The van der Waals surface area contributed by atoms with Gasteiger partial charge >= 0.3 is 6.03 Å². The maximum Gasteiger partial charge on any atom is 0.321 e. The summed E-state index contributed by atoms with van der Waals surface area (Å²) in [6, 6.07) is 9.11. The first kappa shape index (κ1) is 17.5. The molecule has 3 rings (SSSR count). The van der Waals surface area contributed by atoms with Crippen molar-refractivity contribution in [3.8, 4) is 6.07 Å². The van der Waals surface area contributed by atoms with Crippen LogP contribution in [0.25, 0.3) is 0 Å². The maximum absolute atomic E-state index is 12.4. The molecule has 1 aliphatic carbocycles. The molecule has 0 radical (unpaired) electrons. The first-order chi connectivity index (χ1) is 12.3. The number of carbonyl (C=O) groups excluding carboxylic acids is 1. The minimum absolute atomic E-state index is 0.114. The van der Waals surface area contributed by atoms with Gasteiger partial charge in [-0.25, -0.2) is 4.79 Å². The number of para-hydroxylation sites is 1. The number of allylic oxidation sites excluding steroid dienone is 1. The molecule has 5 nitrogen and oxygen atoms in total. The van der Waals surface area contributed by atoms with Gasteiger partial charge in [0.15, 0.2) is 0 Å². The molecule has 1 aromatic carbocycles. The number of hydrogen-bond acceptors (Lipinski definition) is 3. The minimum Gasteiger partial charge on any atom is -0.322 e. The van der Waals surface area contributed by atoms with Crippen LogP contribution in [0.5, 0.6) is 0 Å². The van der Waals surface area contributed by atoms with Crippen LogP contribution in [0.15, 0.2) is 35.9 Å². The fraction of sp³-hybridized carbons (Fsp3) is 0.500. The molecule has 0 unspecified atom stereocenters. The summed E-state index contributed by atoms with van der Waals surface area (Å²) in [5.41, 5.74) is 2.69. The Balaban J connectivity index is 1.44. The van der Waals surface area contributed by atoms with Crippen molar-refractivity contribution in [2.75, 3.05) is 38.0 Å². The van der Waals surface area contributed by atoms with Crippen molar-refractivity contribution in [1.82, 2.24) is 9.80 Å². The molecule has 0 saturated carbocycles. The van der Waals surface area contributed by atoms with Gasteiger partial charge in [0, 0.05) is 32.7 Å². The molecule has 0 spiro atoms. The van der Waals surface area contributed by atoms with Crippen molar-refractivity contribution in [3.05, 3.63) is 41.5 Å². The Labute approximate surface area is 149 Å². The number of rotatable bonds is 4. The molecule has 2 amide bonds. The number of nitrogens with one attached hydrogen (secondary N) is 1. The van der Waals surface area contributed by atoms with Gasteiger partial charge in [-0.3, -0.25) is 4.90 Å². The largest absolute Gasteiger partial charge is 0.322 e. The fourth-order valence-electron chi connectivity index (χ4n) is 3.49. The van der Waals surface area contributed by atoms with Crippen LogP contribution in [0.4, 0.5) is 10.5 Å². The normalized spacial score (nSPS) is 18.4. The summed E-state index contributed by atoms with van der Waals surface area (Å²) < 4.78 is 0. The third-order valence-corrected chi connectivity index (χ3v) is 5.08. The van der Waals surface area contributed by atoms with Gasteiger partial charge in [0.05, 0.1) is 11.3 Å². The highest BCUT2D eigenvalue weighted by Gasteiger charge is 2.21. The lowest BCUT2D eigenvalue weighted by Crippen LogP contribution is -2.50. The van der Waals surface area contributed by atoms with E-state index in [9.17, 15) is 4.79 Å². The predicted octanol–water partition coefficient (Wildman–Crippen LogP) is 3.60. The molecule has 0 bridgehead atoms. The average molecular weight is 338 g/mol. The number of carbonyl (C=O) groups is 1. The zero-order valence-electron chi connectivity index (χ0n) is 14.7. The molecule has 2 aliphatic rings. The van der Waals surface area contributed by atoms with Crippen LogP contribution in [0, 0.1) is 11.3 Å². The van der Waals surface area contributed by atoms with E-state index >= 15 is 0 Å². The van der Waals surface area contributed by atoms with Crippen molar-refractivity contribution >= 4 is 11.7 Å². The van der Waals surface area contributed by atoms with Crippen LogP contribution in [-0.4, -0.2) is 48.6 Å². The molecule has 25 heavy (non-hydrogen) atoms. The van der Waals surface area contributed by atoms with Crippen LogP contribution in [0.2, 0.25) is 0 Å². The molecule has 1 aliphatic heterocycles. The van der Waals surface area contributed by atoms with E-state index in [0.717, 1.165) is 32.7 Å². The highest BCUT2D eigenvalue weighted by molar-refractivity contribution is 5.90. The number of amides is 2. The summed E-state index contributed by atoms with van der Waals surface area (Å²) in [7, 11) is 0. The molecule has 1 saturated heterocycles. The van der Waals surface area contributed by atoms with Crippen LogP contribution in [-0.2, 0) is 0 Å². The molecule has 1 fully saturated rings. The third-order valence-electron chi connectivity index (χ3n) is 5.08. The third kappa shape index (κ3) is 4.83. The van der Waals surface area contributed by atoms with Crippen LogP contribution in [0.1, 0.15) is 37.7 Å². The fourth-order valence-corrected chi connectivity index (χ4v) is 3.49. The van der Waals surface area contributed by atoms with Gasteiger partial charge in [-0.05, 0) is 44.2 Å². The van der Waals surface area contributed by atoms with Crippen molar-refractivity contribution in [3.63, 3.8) is 0 Å². The van der Waals surface area contributed by atoms with E-state index in [-0.39, 0.29) is 6.03 Å². The molecule has 5 heteroatoms. The van der Waals surface area contributed by atoms with Gasteiger partial charge in [-0.1, -0.05) is 23.8 Å². The highest BCUT2D eigenvalue weighted by Crippen LogP contribution is 2.20. The van der Waals surface area contributed by atoms with Crippen molar-refractivity contribution in [1.29, 1.82) is 5.26 Å². The number of anilines is 1. The van der Waals surface area contributed by atoms with Crippen LogP contribution < -0.4 is 5.32 Å². The van der Waals surface area contributed by atoms with Crippen LogP contribution >= 0.6 is 0 Å². The molecule has 0 atom stereocenters. The summed E-state index contributed by atoms with van der Waals surface area (Å²) in [4.78, 5) is 16.7. The molecule has 1 N–H and O–H groups in total. The van der Waals surface area contributed by atoms with Gasteiger partial charge in [-0.2, -0.15) is 5.26 Å². The summed E-state index contributed by atoms with van der Waals surface area (Å²) in [5, 5.41) is 12.0. The van der Waals surface area contributed by atoms with E-state index in [1.54, 1.807) is 23.8 Å². The Hall–Kier alpha value is -2.32. The van der Waals surface area contributed by atoms with Gasteiger partial charge < -0.3 is 10.2 Å². The van der Waals surface area contributed by atoms with Gasteiger partial charge in [-0.15, -0.1) is 0 Å². The highest BCUT2D eigenvalue weighted by atomic mass is 16.2. The van der Waals surface area contributed by atoms with E-state index in [2.05, 4.69) is 22.4 Å². The number of nitriles is 1. The summed E-state index contributed by atoms with van der Waals surface area (Å²) in [6.07, 6.45) is 8.77. The van der Waals surface area contributed by atoms with Crippen LogP contribution in [0.3, 0.4) is 0 Å². The van der Waals surface area contributed by atoms with Crippen molar-refractivity contribution < 1.29 is 4.79 Å². The molecule has 1 aromatic rings. The lowest BCUT2D eigenvalue weighted by Gasteiger charge is -2.35. The number of benzene rings is 1. The first-order valence-electron chi connectivity index (χ1n) is 9.21. The second kappa shape index (κ2) is 8.68. The first-order valence-corrected chi connectivity index (χ1v) is 9.21. The van der Waals surface area contributed by atoms with Crippen molar-refractivity contribution in [2.24, 2.45) is 0 Å². The zero-order chi connectivity index (χ0) is 17.5. The number of piperazine rings is 1. The zero-order valence-corrected chi connectivity index (χ0v) is 14.7. The second-order valence-corrected chi connectivity index (χ2v) is 6.77. The van der Waals surface area contributed by atoms with E-state index in [1.165, 1.54) is 32.1 Å². The molecular weight excluding hydrogens is 312 g/mol. The van der Waals surface area contributed by atoms with Gasteiger partial charge in [0.25, 0.3) is 0 Å². The van der Waals surface area contributed by atoms with E-state index < -0.39 is 0 Å². The Morgan fingerprint density at radius 3 is 2.68 bits per heavy atom. The van der Waals surface area contributed by atoms with E-state index in [1.807, 2.05) is 11.0 Å². The van der Waals surface area contributed by atoms with E-state index in [4.69, 9.17) is 5.26 Å². The van der Waals surface area contributed by atoms with Gasteiger partial charge in [0.2, 0.25) is 0 Å². The molecule has 132 valence electrons. The summed E-state index contributed by atoms with van der Waals surface area (Å²) in [5.74, 6) is 0. The Morgan fingerprint density at radius 2 is 1.96 bits per heavy atom. The number of urea groups is 1. The van der Waals surface area contributed by atoms with E-state index in [0.29, 0.717) is 11.3 Å². The monoisotopic (exact) mass is 338 g/mol. The smallest absolute Gasteiger partial charge is 0.321 e. The molecular formula is C20H26N4O. The van der Waals surface area contributed by atoms with Gasteiger partial charge in [0.1, 0.15) is 6.07 Å². The Morgan fingerprint density at radius 1 is 1.16 bits per heavy atom. The topological polar surface area (TPSA) is 59.4 Å². The standard InChI is InChI=1S/C20H26N4O/c21-16-18-8-4-5-9-19(18)22-20(25)24-14-12-23(13-15-24)11-10-17-6-2-1-3-7-17/h4-6,8-9H,1-3,7,10-15H2,(H,22,25). The number of nitrogens with zero attached hydrogens (tertiary/aromatic N) is 3. The summed E-state index contributed by atoms with van der Waals surface area (Å²) in [6.45, 7) is 4.40. The predicted molar refractivity (Wildman–Crippen MR) is 99.4 cm³/mol. The maximum atomic E-state index is 12.4. The molecule has 1 heterocycles. The Kier molecular flexibility index (Phi) is 6.08. The summed E-state index contributed by atoms with van der Waals surface area (Å²) >= 11 is 0. The lowest BCUT2D eigenvalue weighted by atomic mass is 9.97. The lowest BCUT2D eigenvalue weighted by molar-refractivity contribution is 0.148. The molecule has 0 aromatic heterocycles. The second-order valence-electron chi connectivity index (χ2n) is 6.77. The number of hydrogen-bond donors (Lipinski definition) is 1. The quantitative estimate of drug-likeness (QED) is 0.853. The average Bonchev–Trinajstić information content (AvgIpc) is 2.68. The van der Waals surface area contributed by atoms with Crippen molar-refractivity contribution in [2.45, 2.75) is 32.1 Å². The SMILES string of the molecule is N#Cc1ccccc1NC(=O)N1CCN(CCC2=CCCCC2)CC1. The minimum atomic E-state index is -0.114. The Bertz CT molecular complexity index is 669.